The Morgan fingerprint density at radius 2 is 1.87 bits per heavy atom. The highest BCUT2D eigenvalue weighted by atomic mass is 19.1. The number of piperazine rings is 1. The van der Waals surface area contributed by atoms with E-state index in [-0.39, 0.29) is 23.6 Å². The van der Waals surface area contributed by atoms with Crippen molar-refractivity contribution in [2.45, 2.75) is 12.3 Å². The van der Waals surface area contributed by atoms with Gasteiger partial charge in [0.2, 0.25) is 5.91 Å². The molecule has 4 rings (SSSR count). The lowest BCUT2D eigenvalue weighted by molar-refractivity contribution is -0.133. The van der Waals surface area contributed by atoms with E-state index in [1.54, 1.807) is 18.4 Å². The standard InChI is InChI=1S/C18H19FN2O2/c19-15-4-1-2-5-16(15)20-7-9-21(10-8-20)18(22)14-12-13(14)17-6-3-11-23-17/h1-6,11,13-14H,7-10,12H2/t13-,14+/m1/s1. The number of anilines is 1. The fourth-order valence-corrected chi connectivity index (χ4v) is 3.40. The zero-order valence-corrected chi connectivity index (χ0v) is 12.8. The first-order valence-electron chi connectivity index (χ1n) is 8.05. The van der Waals surface area contributed by atoms with Crippen LogP contribution in [-0.2, 0) is 4.79 Å². The zero-order chi connectivity index (χ0) is 15.8. The Labute approximate surface area is 134 Å². The molecule has 2 atom stereocenters. The summed E-state index contributed by atoms with van der Waals surface area (Å²) in [4.78, 5) is 16.5. The van der Waals surface area contributed by atoms with Gasteiger partial charge in [0.15, 0.2) is 0 Å². The second kappa shape index (κ2) is 5.72. The number of furan rings is 1. The number of nitrogens with zero attached hydrogens (tertiary/aromatic N) is 2. The van der Waals surface area contributed by atoms with Crippen LogP contribution in [-0.4, -0.2) is 37.0 Å². The molecule has 23 heavy (non-hydrogen) atoms. The molecule has 0 unspecified atom stereocenters. The largest absolute Gasteiger partial charge is 0.469 e. The summed E-state index contributed by atoms with van der Waals surface area (Å²) >= 11 is 0. The van der Waals surface area contributed by atoms with E-state index in [0.29, 0.717) is 31.9 Å². The summed E-state index contributed by atoms with van der Waals surface area (Å²) in [7, 11) is 0. The van der Waals surface area contributed by atoms with Gasteiger partial charge in [0.1, 0.15) is 11.6 Å². The van der Waals surface area contributed by atoms with Crippen LogP contribution in [0.2, 0.25) is 0 Å². The van der Waals surface area contributed by atoms with Crippen LogP contribution in [0, 0.1) is 11.7 Å². The topological polar surface area (TPSA) is 36.7 Å². The quantitative estimate of drug-likeness (QED) is 0.874. The number of benzene rings is 1. The maximum atomic E-state index is 13.8. The van der Waals surface area contributed by atoms with Crippen LogP contribution in [0.25, 0.3) is 0 Å². The van der Waals surface area contributed by atoms with Crippen LogP contribution >= 0.6 is 0 Å². The number of hydrogen-bond donors (Lipinski definition) is 0. The van der Waals surface area contributed by atoms with Crippen molar-refractivity contribution in [1.82, 2.24) is 4.90 Å². The lowest BCUT2D eigenvalue weighted by Crippen LogP contribution is -2.49. The van der Waals surface area contributed by atoms with Crippen LogP contribution < -0.4 is 4.90 Å². The van der Waals surface area contributed by atoms with Gasteiger partial charge in [0, 0.05) is 38.0 Å². The van der Waals surface area contributed by atoms with E-state index in [9.17, 15) is 9.18 Å². The van der Waals surface area contributed by atoms with E-state index in [2.05, 4.69) is 0 Å². The third-order valence-corrected chi connectivity index (χ3v) is 4.80. The smallest absolute Gasteiger partial charge is 0.226 e. The highest BCUT2D eigenvalue weighted by Gasteiger charge is 2.47. The van der Waals surface area contributed by atoms with Gasteiger partial charge < -0.3 is 14.2 Å². The fourth-order valence-electron chi connectivity index (χ4n) is 3.40. The zero-order valence-electron chi connectivity index (χ0n) is 12.8. The molecule has 0 N–H and O–H groups in total. The molecule has 0 bridgehead atoms. The molecule has 1 saturated carbocycles. The van der Waals surface area contributed by atoms with Crippen molar-refractivity contribution in [3.63, 3.8) is 0 Å². The van der Waals surface area contributed by atoms with Gasteiger partial charge in [-0.25, -0.2) is 4.39 Å². The van der Waals surface area contributed by atoms with E-state index in [0.717, 1.165) is 12.2 Å². The van der Waals surface area contributed by atoms with E-state index in [1.165, 1.54) is 6.07 Å². The first kappa shape index (κ1) is 14.3. The normalized spacial score (nSPS) is 23.9. The number of carbonyl (C=O) groups excluding carboxylic acids is 1. The van der Waals surface area contributed by atoms with Crippen molar-refractivity contribution >= 4 is 11.6 Å². The second-order valence-corrected chi connectivity index (χ2v) is 6.23. The monoisotopic (exact) mass is 314 g/mol. The predicted molar refractivity (Wildman–Crippen MR) is 84.7 cm³/mol. The number of hydrogen-bond acceptors (Lipinski definition) is 3. The van der Waals surface area contributed by atoms with Crippen LogP contribution in [0.15, 0.2) is 47.1 Å². The molecule has 2 fully saturated rings. The van der Waals surface area contributed by atoms with Crippen molar-refractivity contribution in [2.75, 3.05) is 31.1 Å². The van der Waals surface area contributed by atoms with Crippen molar-refractivity contribution in [2.24, 2.45) is 5.92 Å². The highest BCUT2D eigenvalue weighted by molar-refractivity contribution is 5.83. The van der Waals surface area contributed by atoms with E-state index >= 15 is 0 Å². The average Bonchev–Trinajstić information content (AvgIpc) is 3.20. The van der Waals surface area contributed by atoms with Gasteiger partial charge in [0.05, 0.1) is 12.0 Å². The summed E-state index contributed by atoms with van der Waals surface area (Å²) in [6.07, 6.45) is 2.53. The summed E-state index contributed by atoms with van der Waals surface area (Å²) in [5.41, 5.74) is 0.625. The number of para-hydroxylation sites is 1. The van der Waals surface area contributed by atoms with Crippen molar-refractivity contribution in [3.8, 4) is 0 Å². The highest BCUT2D eigenvalue weighted by Crippen LogP contribution is 2.48. The Hall–Kier alpha value is -2.30. The van der Waals surface area contributed by atoms with Gasteiger partial charge in [0.25, 0.3) is 0 Å². The summed E-state index contributed by atoms with van der Waals surface area (Å²) in [6.45, 7) is 2.64. The molecular weight excluding hydrogens is 295 g/mol. The van der Waals surface area contributed by atoms with E-state index in [1.807, 2.05) is 28.0 Å². The maximum Gasteiger partial charge on any atom is 0.226 e. The fraction of sp³-hybridized carbons (Fsp3) is 0.389. The third kappa shape index (κ3) is 2.71. The van der Waals surface area contributed by atoms with Crippen LogP contribution in [0.5, 0.6) is 0 Å². The van der Waals surface area contributed by atoms with Gasteiger partial charge in [-0.1, -0.05) is 12.1 Å². The number of halogens is 1. The van der Waals surface area contributed by atoms with Gasteiger partial charge in [-0.2, -0.15) is 0 Å². The molecule has 2 heterocycles. The van der Waals surface area contributed by atoms with E-state index < -0.39 is 0 Å². The Balaban J connectivity index is 1.35. The Morgan fingerprint density at radius 1 is 1.09 bits per heavy atom. The molecule has 1 aromatic heterocycles. The molecular formula is C18H19FN2O2. The van der Waals surface area contributed by atoms with Crippen LogP contribution in [0.4, 0.5) is 10.1 Å². The third-order valence-electron chi connectivity index (χ3n) is 4.80. The minimum absolute atomic E-state index is 0.0566. The van der Waals surface area contributed by atoms with Gasteiger partial charge >= 0.3 is 0 Å². The second-order valence-electron chi connectivity index (χ2n) is 6.23. The molecule has 1 aliphatic carbocycles. The molecule has 1 aromatic carbocycles. The number of rotatable bonds is 3. The number of carbonyl (C=O) groups is 1. The molecule has 1 amide bonds. The van der Waals surface area contributed by atoms with Crippen molar-refractivity contribution in [3.05, 3.63) is 54.2 Å². The van der Waals surface area contributed by atoms with Crippen molar-refractivity contribution in [1.29, 1.82) is 0 Å². The molecule has 0 radical (unpaired) electrons. The lowest BCUT2D eigenvalue weighted by Gasteiger charge is -2.36. The Kier molecular flexibility index (Phi) is 3.56. The molecule has 2 aliphatic rings. The summed E-state index contributed by atoms with van der Waals surface area (Å²) in [5, 5.41) is 0. The molecule has 1 saturated heterocycles. The molecule has 1 aliphatic heterocycles. The molecule has 4 nitrogen and oxygen atoms in total. The average molecular weight is 314 g/mol. The molecule has 120 valence electrons. The van der Waals surface area contributed by atoms with Gasteiger partial charge in [-0.05, 0) is 30.7 Å². The number of amides is 1. The minimum atomic E-state index is -0.202. The molecule has 5 heteroatoms. The van der Waals surface area contributed by atoms with E-state index in [4.69, 9.17) is 4.42 Å². The Bertz CT molecular complexity index is 693. The Morgan fingerprint density at radius 3 is 2.57 bits per heavy atom. The lowest BCUT2D eigenvalue weighted by atomic mass is 10.2. The van der Waals surface area contributed by atoms with Crippen molar-refractivity contribution < 1.29 is 13.6 Å². The molecule has 2 aromatic rings. The maximum absolute atomic E-state index is 13.8. The first-order chi connectivity index (χ1) is 11.2. The van der Waals surface area contributed by atoms with Crippen LogP contribution in [0.1, 0.15) is 18.1 Å². The molecule has 0 spiro atoms. The summed E-state index contributed by atoms with van der Waals surface area (Å²) in [5.74, 6) is 1.21. The van der Waals surface area contributed by atoms with Crippen LogP contribution in [0.3, 0.4) is 0 Å². The summed E-state index contributed by atoms with van der Waals surface area (Å²) in [6, 6.07) is 10.6. The van der Waals surface area contributed by atoms with Gasteiger partial charge in [-0.15, -0.1) is 0 Å². The predicted octanol–water partition coefficient (Wildman–Crippen LogP) is 2.87. The van der Waals surface area contributed by atoms with Gasteiger partial charge in [-0.3, -0.25) is 4.79 Å². The first-order valence-corrected chi connectivity index (χ1v) is 8.05. The minimum Gasteiger partial charge on any atom is -0.469 e. The summed E-state index contributed by atoms with van der Waals surface area (Å²) < 4.78 is 19.2. The SMILES string of the molecule is O=C([C@H]1C[C@H]1c1ccco1)N1CCN(c2ccccc2F)CC1.